The molecule has 0 spiro atoms. The van der Waals surface area contributed by atoms with Crippen LogP contribution in [0.25, 0.3) is 0 Å². The fraction of sp³-hybridized carbons (Fsp3) is 0.917. The molecule has 3 N–H and O–H groups in total. The predicted molar refractivity (Wildman–Crippen MR) is 64.1 cm³/mol. The summed E-state index contributed by atoms with van der Waals surface area (Å²) in [6.45, 7) is 6.05. The van der Waals surface area contributed by atoms with E-state index < -0.39 is 0 Å². The number of urea groups is 1. The second kappa shape index (κ2) is 3.91. The number of amides is 2. The number of nitrogens with zero attached hydrogens (tertiary/aromatic N) is 1. The Morgan fingerprint density at radius 1 is 1.25 bits per heavy atom. The van der Waals surface area contributed by atoms with Crippen molar-refractivity contribution < 1.29 is 4.79 Å². The maximum atomic E-state index is 12.2. The lowest BCUT2D eigenvalue weighted by Gasteiger charge is -2.39. The Bertz CT molecular complexity index is 270. The van der Waals surface area contributed by atoms with Crippen LogP contribution in [0.15, 0.2) is 0 Å². The lowest BCUT2D eigenvalue weighted by molar-refractivity contribution is 0.133. The van der Waals surface area contributed by atoms with Crippen molar-refractivity contribution >= 4 is 6.03 Å². The first-order chi connectivity index (χ1) is 7.37. The van der Waals surface area contributed by atoms with Gasteiger partial charge in [-0.25, -0.2) is 4.79 Å². The molecule has 0 aliphatic carbocycles. The number of carbonyl (C=O) groups is 1. The first-order valence-electron chi connectivity index (χ1n) is 6.23. The van der Waals surface area contributed by atoms with Gasteiger partial charge in [0.05, 0.1) is 0 Å². The Hall–Kier alpha value is -0.770. The van der Waals surface area contributed by atoms with E-state index in [4.69, 9.17) is 5.73 Å². The van der Waals surface area contributed by atoms with E-state index in [1.807, 2.05) is 25.7 Å². The van der Waals surface area contributed by atoms with Crippen LogP contribution in [-0.4, -0.2) is 34.6 Å². The number of nitrogens with one attached hydrogen (secondary N) is 1. The fourth-order valence-corrected chi connectivity index (χ4v) is 2.94. The Morgan fingerprint density at radius 2 is 1.75 bits per heavy atom. The zero-order chi connectivity index (χ0) is 11.9. The van der Waals surface area contributed by atoms with Crippen molar-refractivity contribution in [3.05, 3.63) is 0 Å². The molecule has 2 rings (SSSR count). The smallest absolute Gasteiger partial charge is 0.318 e. The van der Waals surface area contributed by atoms with Gasteiger partial charge >= 0.3 is 6.03 Å². The molecule has 0 aromatic rings. The summed E-state index contributed by atoms with van der Waals surface area (Å²) in [4.78, 5) is 14.2. The lowest BCUT2D eigenvalue weighted by Crippen LogP contribution is -2.56. The molecule has 2 amide bonds. The van der Waals surface area contributed by atoms with E-state index in [0.717, 1.165) is 25.7 Å². The summed E-state index contributed by atoms with van der Waals surface area (Å²) in [5.74, 6) is 0. The number of fused-ring (bicyclic) bond motifs is 2. The molecule has 0 aromatic carbocycles. The molecule has 0 radical (unpaired) electrons. The number of hydrogen-bond acceptors (Lipinski definition) is 2. The molecule has 2 bridgehead atoms. The summed E-state index contributed by atoms with van der Waals surface area (Å²) < 4.78 is 0. The molecule has 92 valence electrons. The van der Waals surface area contributed by atoms with E-state index in [0.29, 0.717) is 12.1 Å². The third-order valence-electron chi connectivity index (χ3n) is 3.49. The average Bonchev–Trinajstić information content (AvgIpc) is 2.36. The van der Waals surface area contributed by atoms with E-state index >= 15 is 0 Å². The van der Waals surface area contributed by atoms with Crippen LogP contribution in [0.1, 0.15) is 46.5 Å². The van der Waals surface area contributed by atoms with E-state index in [9.17, 15) is 4.79 Å². The molecule has 4 nitrogen and oxygen atoms in total. The van der Waals surface area contributed by atoms with Crippen molar-refractivity contribution in [3.8, 4) is 0 Å². The van der Waals surface area contributed by atoms with Crippen LogP contribution >= 0.6 is 0 Å². The van der Waals surface area contributed by atoms with Crippen LogP contribution in [0.5, 0.6) is 0 Å². The van der Waals surface area contributed by atoms with Gasteiger partial charge in [-0.3, -0.25) is 0 Å². The van der Waals surface area contributed by atoms with E-state index in [1.54, 1.807) is 0 Å². The summed E-state index contributed by atoms with van der Waals surface area (Å²) in [5, 5.41) is 3.05. The highest BCUT2D eigenvalue weighted by Gasteiger charge is 2.42. The van der Waals surface area contributed by atoms with Crippen molar-refractivity contribution in [2.24, 2.45) is 5.73 Å². The number of piperidine rings is 1. The molecule has 4 heteroatoms. The Balaban J connectivity index is 2.03. The second-order valence-electron chi connectivity index (χ2n) is 6.20. The van der Waals surface area contributed by atoms with Gasteiger partial charge in [0, 0.05) is 23.7 Å². The Labute approximate surface area is 97.6 Å². The lowest BCUT2D eigenvalue weighted by atomic mass is 9.98. The van der Waals surface area contributed by atoms with Crippen molar-refractivity contribution in [2.45, 2.75) is 70.1 Å². The minimum Gasteiger partial charge on any atom is -0.333 e. The minimum atomic E-state index is -0.157. The van der Waals surface area contributed by atoms with Crippen LogP contribution in [0.2, 0.25) is 0 Å². The first kappa shape index (κ1) is 11.7. The van der Waals surface area contributed by atoms with Gasteiger partial charge in [0.1, 0.15) is 0 Å². The molecule has 2 atom stereocenters. The standard InChI is InChI=1S/C12H23N3O/c1-12(2,3)14-11(16)15-9-4-5-10(15)7-8(13)6-9/h8-10H,4-7,13H2,1-3H3,(H,14,16). The summed E-state index contributed by atoms with van der Waals surface area (Å²) in [6.07, 6.45) is 4.17. The SMILES string of the molecule is CC(C)(C)NC(=O)N1C2CCC1CC(N)C2. The minimum absolute atomic E-state index is 0.0897. The van der Waals surface area contributed by atoms with Gasteiger partial charge in [0.15, 0.2) is 0 Å². The van der Waals surface area contributed by atoms with Crippen LogP contribution < -0.4 is 11.1 Å². The molecule has 0 aromatic heterocycles. The third kappa shape index (κ3) is 2.32. The van der Waals surface area contributed by atoms with Crippen LogP contribution in [-0.2, 0) is 0 Å². The molecule has 2 heterocycles. The molecule has 16 heavy (non-hydrogen) atoms. The zero-order valence-electron chi connectivity index (χ0n) is 10.5. The number of carbonyl (C=O) groups excluding carboxylic acids is 1. The van der Waals surface area contributed by atoms with Crippen molar-refractivity contribution in [1.29, 1.82) is 0 Å². The second-order valence-corrected chi connectivity index (χ2v) is 6.20. The molecule has 2 unspecified atom stereocenters. The van der Waals surface area contributed by atoms with Crippen LogP contribution in [0, 0.1) is 0 Å². The third-order valence-corrected chi connectivity index (χ3v) is 3.49. The molecule has 2 saturated heterocycles. The predicted octanol–water partition coefficient (Wildman–Crippen LogP) is 1.45. The van der Waals surface area contributed by atoms with Crippen molar-refractivity contribution in [3.63, 3.8) is 0 Å². The van der Waals surface area contributed by atoms with E-state index in [-0.39, 0.29) is 17.6 Å². The van der Waals surface area contributed by atoms with Gasteiger partial charge < -0.3 is 16.0 Å². The highest BCUT2D eigenvalue weighted by molar-refractivity contribution is 5.76. The first-order valence-corrected chi connectivity index (χ1v) is 6.23. The van der Waals surface area contributed by atoms with Crippen molar-refractivity contribution in [2.75, 3.05) is 0 Å². The van der Waals surface area contributed by atoms with Gasteiger partial charge in [-0.2, -0.15) is 0 Å². The summed E-state index contributed by atoms with van der Waals surface area (Å²) >= 11 is 0. The Morgan fingerprint density at radius 3 is 2.19 bits per heavy atom. The van der Waals surface area contributed by atoms with Gasteiger partial charge in [0.25, 0.3) is 0 Å². The molecule has 2 fully saturated rings. The fourth-order valence-electron chi connectivity index (χ4n) is 2.94. The summed E-state index contributed by atoms with van der Waals surface area (Å²) in [6, 6.07) is 1.12. The average molecular weight is 225 g/mol. The van der Waals surface area contributed by atoms with Crippen LogP contribution in [0.3, 0.4) is 0 Å². The van der Waals surface area contributed by atoms with Gasteiger partial charge in [0.2, 0.25) is 0 Å². The number of rotatable bonds is 0. The normalized spacial score (nSPS) is 34.0. The summed E-state index contributed by atoms with van der Waals surface area (Å²) in [7, 11) is 0. The summed E-state index contributed by atoms with van der Waals surface area (Å²) in [5.41, 5.74) is 5.83. The zero-order valence-corrected chi connectivity index (χ0v) is 10.5. The highest BCUT2D eigenvalue weighted by atomic mass is 16.2. The number of hydrogen-bond donors (Lipinski definition) is 2. The molecular weight excluding hydrogens is 202 g/mol. The van der Waals surface area contributed by atoms with Gasteiger partial charge in [-0.05, 0) is 46.5 Å². The van der Waals surface area contributed by atoms with Crippen molar-refractivity contribution in [1.82, 2.24) is 10.2 Å². The molecule has 2 aliphatic rings. The molecule has 0 saturated carbocycles. The maximum absolute atomic E-state index is 12.2. The molecular formula is C12H23N3O. The topological polar surface area (TPSA) is 58.4 Å². The highest BCUT2D eigenvalue weighted by Crippen LogP contribution is 2.35. The van der Waals surface area contributed by atoms with Gasteiger partial charge in [-0.15, -0.1) is 0 Å². The monoisotopic (exact) mass is 225 g/mol. The van der Waals surface area contributed by atoms with Crippen LogP contribution in [0.4, 0.5) is 4.79 Å². The number of nitrogens with two attached hydrogens (primary N) is 1. The Kier molecular flexibility index (Phi) is 2.86. The van der Waals surface area contributed by atoms with Gasteiger partial charge in [-0.1, -0.05) is 0 Å². The quantitative estimate of drug-likeness (QED) is 0.655. The maximum Gasteiger partial charge on any atom is 0.318 e. The largest absolute Gasteiger partial charge is 0.333 e. The van der Waals surface area contributed by atoms with E-state index in [1.165, 1.54) is 0 Å². The molecule has 2 aliphatic heterocycles. The van der Waals surface area contributed by atoms with E-state index in [2.05, 4.69) is 5.32 Å².